The summed E-state index contributed by atoms with van der Waals surface area (Å²) in [6, 6.07) is 0.646. The van der Waals surface area contributed by atoms with E-state index in [1.807, 2.05) is 0 Å². The fourth-order valence-corrected chi connectivity index (χ4v) is 1.81. The van der Waals surface area contributed by atoms with Crippen LogP contribution in [0, 0.1) is 0 Å². The summed E-state index contributed by atoms with van der Waals surface area (Å²) < 4.78 is 0. The SMILES string of the molecule is CCCCCN(CC1(N)CC1)C(C)C. The summed E-state index contributed by atoms with van der Waals surface area (Å²) in [4.78, 5) is 2.54. The van der Waals surface area contributed by atoms with Crippen LogP contribution in [-0.2, 0) is 0 Å². The predicted molar refractivity (Wildman–Crippen MR) is 62.4 cm³/mol. The molecular weight excluding hydrogens is 172 g/mol. The molecule has 1 aliphatic rings. The van der Waals surface area contributed by atoms with Gasteiger partial charge < -0.3 is 5.73 Å². The standard InChI is InChI=1S/C12H26N2/c1-4-5-6-9-14(11(2)3)10-12(13)7-8-12/h11H,4-10,13H2,1-3H3. The molecule has 2 N–H and O–H groups in total. The molecule has 2 heteroatoms. The number of nitrogens with zero attached hydrogens (tertiary/aromatic N) is 1. The average molecular weight is 198 g/mol. The van der Waals surface area contributed by atoms with Gasteiger partial charge in [0.1, 0.15) is 0 Å². The van der Waals surface area contributed by atoms with E-state index >= 15 is 0 Å². The van der Waals surface area contributed by atoms with Crippen LogP contribution in [0.5, 0.6) is 0 Å². The largest absolute Gasteiger partial charge is 0.324 e. The van der Waals surface area contributed by atoms with Crippen molar-refractivity contribution in [3.8, 4) is 0 Å². The van der Waals surface area contributed by atoms with Crippen LogP contribution in [0.3, 0.4) is 0 Å². The van der Waals surface area contributed by atoms with E-state index in [1.165, 1.54) is 38.6 Å². The summed E-state index contributed by atoms with van der Waals surface area (Å²) in [5.74, 6) is 0. The maximum Gasteiger partial charge on any atom is 0.0284 e. The molecule has 1 fully saturated rings. The Bertz CT molecular complexity index is 162. The van der Waals surface area contributed by atoms with E-state index in [1.54, 1.807) is 0 Å². The van der Waals surface area contributed by atoms with Crippen molar-refractivity contribution in [2.45, 2.75) is 64.5 Å². The highest BCUT2D eigenvalue weighted by molar-refractivity contribution is 5.01. The predicted octanol–water partition coefficient (Wildman–Crippen LogP) is 2.38. The lowest BCUT2D eigenvalue weighted by Crippen LogP contribution is -2.43. The Kier molecular flexibility index (Phi) is 4.39. The highest BCUT2D eigenvalue weighted by atomic mass is 15.2. The molecule has 0 spiro atoms. The topological polar surface area (TPSA) is 29.3 Å². The van der Waals surface area contributed by atoms with Crippen LogP contribution in [0.25, 0.3) is 0 Å². The van der Waals surface area contributed by atoms with E-state index in [2.05, 4.69) is 25.7 Å². The molecule has 14 heavy (non-hydrogen) atoms. The molecule has 0 heterocycles. The molecule has 2 nitrogen and oxygen atoms in total. The van der Waals surface area contributed by atoms with E-state index in [0.29, 0.717) is 6.04 Å². The maximum atomic E-state index is 6.15. The number of nitrogens with two attached hydrogens (primary N) is 1. The van der Waals surface area contributed by atoms with Crippen molar-refractivity contribution in [3.63, 3.8) is 0 Å². The van der Waals surface area contributed by atoms with Crippen LogP contribution in [0.2, 0.25) is 0 Å². The molecule has 1 rings (SSSR count). The molecule has 0 atom stereocenters. The van der Waals surface area contributed by atoms with E-state index < -0.39 is 0 Å². The van der Waals surface area contributed by atoms with Gasteiger partial charge in [-0.2, -0.15) is 0 Å². The minimum absolute atomic E-state index is 0.177. The third-order valence-electron chi connectivity index (χ3n) is 3.19. The van der Waals surface area contributed by atoms with E-state index in [4.69, 9.17) is 5.73 Å². The van der Waals surface area contributed by atoms with Gasteiger partial charge in [0.05, 0.1) is 0 Å². The van der Waals surface area contributed by atoms with Gasteiger partial charge in [-0.1, -0.05) is 19.8 Å². The molecule has 1 aliphatic carbocycles. The van der Waals surface area contributed by atoms with Gasteiger partial charge >= 0.3 is 0 Å². The average Bonchev–Trinajstić information content (AvgIpc) is 2.82. The molecule has 0 saturated heterocycles. The maximum absolute atomic E-state index is 6.15. The summed E-state index contributed by atoms with van der Waals surface area (Å²) in [5, 5.41) is 0. The smallest absolute Gasteiger partial charge is 0.0284 e. The second kappa shape index (κ2) is 5.13. The van der Waals surface area contributed by atoms with Gasteiger partial charge in [0.25, 0.3) is 0 Å². The second-order valence-electron chi connectivity index (χ2n) is 5.13. The number of hydrogen-bond donors (Lipinski definition) is 1. The Morgan fingerprint density at radius 2 is 1.93 bits per heavy atom. The first kappa shape index (κ1) is 12.0. The van der Waals surface area contributed by atoms with Gasteiger partial charge in [0.15, 0.2) is 0 Å². The minimum Gasteiger partial charge on any atom is -0.324 e. The molecule has 0 aromatic rings. The normalized spacial score (nSPS) is 19.3. The van der Waals surface area contributed by atoms with E-state index in [9.17, 15) is 0 Å². The number of rotatable bonds is 7. The fourth-order valence-electron chi connectivity index (χ4n) is 1.81. The van der Waals surface area contributed by atoms with Crippen LogP contribution in [0.4, 0.5) is 0 Å². The van der Waals surface area contributed by atoms with Crippen molar-refractivity contribution in [2.75, 3.05) is 13.1 Å². The Balaban J connectivity index is 2.24. The Morgan fingerprint density at radius 3 is 2.36 bits per heavy atom. The molecular formula is C12H26N2. The molecule has 0 aromatic heterocycles. The molecule has 0 radical (unpaired) electrons. The monoisotopic (exact) mass is 198 g/mol. The highest BCUT2D eigenvalue weighted by Gasteiger charge is 2.39. The number of unbranched alkanes of at least 4 members (excludes halogenated alkanes) is 2. The van der Waals surface area contributed by atoms with Crippen molar-refractivity contribution >= 4 is 0 Å². The zero-order chi connectivity index (χ0) is 10.6. The lowest BCUT2D eigenvalue weighted by molar-refractivity contribution is 0.199. The summed E-state index contributed by atoms with van der Waals surface area (Å²) in [6.07, 6.45) is 6.43. The summed E-state index contributed by atoms with van der Waals surface area (Å²) in [6.45, 7) is 9.14. The Labute approximate surface area is 88.8 Å². The zero-order valence-electron chi connectivity index (χ0n) is 10.1. The van der Waals surface area contributed by atoms with Gasteiger partial charge in [-0.05, 0) is 39.7 Å². The van der Waals surface area contributed by atoms with Crippen molar-refractivity contribution in [1.29, 1.82) is 0 Å². The van der Waals surface area contributed by atoms with Gasteiger partial charge in [0.2, 0.25) is 0 Å². The van der Waals surface area contributed by atoms with Crippen molar-refractivity contribution in [2.24, 2.45) is 5.73 Å². The van der Waals surface area contributed by atoms with Crippen LogP contribution < -0.4 is 5.73 Å². The molecule has 84 valence electrons. The van der Waals surface area contributed by atoms with Crippen LogP contribution >= 0.6 is 0 Å². The first-order valence-electron chi connectivity index (χ1n) is 6.10. The third-order valence-corrected chi connectivity index (χ3v) is 3.19. The summed E-state index contributed by atoms with van der Waals surface area (Å²) >= 11 is 0. The van der Waals surface area contributed by atoms with Crippen molar-refractivity contribution in [1.82, 2.24) is 4.90 Å². The first-order chi connectivity index (χ1) is 6.57. The molecule has 0 aliphatic heterocycles. The fraction of sp³-hybridized carbons (Fsp3) is 1.00. The summed E-state index contributed by atoms with van der Waals surface area (Å²) in [5.41, 5.74) is 6.32. The third kappa shape index (κ3) is 3.97. The summed E-state index contributed by atoms with van der Waals surface area (Å²) in [7, 11) is 0. The first-order valence-corrected chi connectivity index (χ1v) is 6.10. The molecule has 1 saturated carbocycles. The highest BCUT2D eigenvalue weighted by Crippen LogP contribution is 2.33. The van der Waals surface area contributed by atoms with Crippen LogP contribution in [0.1, 0.15) is 52.9 Å². The van der Waals surface area contributed by atoms with Crippen LogP contribution in [-0.4, -0.2) is 29.6 Å². The second-order valence-corrected chi connectivity index (χ2v) is 5.13. The molecule has 0 amide bonds. The van der Waals surface area contributed by atoms with Gasteiger partial charge in [-0.25, -0.2) is 0 Å². The zero-order valence-corrected chi connectivity index (χ0v) is 10.1. The van der Waals surface area contributed by atoms with Crippen molar-refractivity contribution < 1.29 is 0 Å². The van der Waals surface area contributed by atoms with Gasteiger partial charge in [-0.3, -0.25) is 4.90 Å². The van der Waals surface area contributed by atoms with E-state index in [0.717, 1.165) is 6.54 Å². The lowest BCUT2D eigenvalue weighted by Gasteiger charge is -2.29. The van der Waals surface area contributed by atoms with Gasteiger partial charge in [0, 0.05) is 18.1 Å². The molecule has 0 unspecified atom stereocenters. The lowest BCUT2D eigenvalue weighted by atomic mass is 10.2. The van der Waals surface area contributed by atoms with Crippen molar-refractivity contribution in [3.05, 3.63) is 0 Å². The number of hydrogen-bond acceptors (Lipinski definition) is 2. The Hall–Kier alpha value is -0.0800. The van der Waals surface area contributed by atoms with Crippen LogP contribution in [0.15, 0.2) is 0 Å². The Morgan fingerprint density at radius 1 is 1.29 bits per heavy atom. The quantitative estimate of drug-likeness (QED) is 0.636. The van der Waals surface area contributed by atoms with Gasteiger partial charge in [-0.15, -0.1) is 0 Å². The molecule has 0 aromatic carbocycles. The van der Waals surface area contributed by atoms with E-state index in [-0.39, 0.29) is 5.54 Å². The minimum atomic E-state index is 0.177. The molecule has 0 bridgehead atoms.